The molecule has 2 nitrogen and oxygen atoms in total. The lowest BCUT2D eigenvalue weighted by atomic mass is 9.86. The lowest BCUT2D eigenvalue weighted by Gasteiger charge is -2.22. The maximum absolute atomic E-state index is 10.8. The molecule has 1 N–H and O–H groups in total. The maximum atomic E-state index is 10.8. The van der Waals surface area contributed by atoms with Crippen molar-refractivity contribution in [3.63, 3.8) is 0 Å². The molecule has 1 aromatic heterocycles. The van der Waals surface area contributed by atoms with Crippen LogP contribution in [-0.4, -0.2) is 9.67 Å². The summed E-state index contributed by atoms with van der Waals surface area (Å²) in [6, 6.07) is 20.8. The van der Waals surface area contributed by atoms with Crippen molar-refractivity contribution < 1.29 is 5.11 Å². The van der Waals surface area contributed by atoms with Gasteiger partial charge in [-0.05, 0) is 51.2 Å². The Morgan fingerprint density at radius 3 is 1.88 bits per heavy atom. The van der Waals surface area contributed by atoms with E-state index in [1.807, 2.05) is 18.2 Å². The van der Waals surface area contributed by atoms with Crippen LogP contribution >= 0.6 is 15.9 Å². The number of benzene rings is 3. The van der Waals surface area contributed by atoms with Crippen LogP contribution in [0.5, 0.6) is 5.75 Å². The molecule has 1 heterocycles. The van der Waals surface area contributed by atoms with Crippen molar-refractivity contribution in [2.45, 2.75) is 26.2 Å². The summed E-state index contributed by atoms with van der Waals surface area (Å²) < 4.78 is 2.87. The highest BCUT2D eigenvalue weighted by Gasteiger charge is 2.21. The summed E-state index contributed by atoms with van der Waals surface area (Å²) in [5.74, 6) is 0.263. The molecule has 0 aliphatic carbocycles. The first-order chi connectivity index (χ1) is 11.9. The molecule has 0 aliphatic heterocycles. The van der Waals surface area contributed by atoms with E-state index in [1.165, 1.54) is 16.3 Å². The minimum Gasteiger partial charge on any atom is -0.505 e. The molecule has 126 valence electrons. The number of fused-ring (bicyclic) bond motifs is 3. The van der Waals surface area contributed by atoms with E-state index in [4.69, 9.17) is 0 Å². The van der Waals surface area contributed by atoms with Crippen molar-refractivity contribution in [1.82, 2.24) is 4.57 Å². The number of nitrogens with zero attached hydrogens (tertiary/aromatic N) is 1. The Bertz CT molecular complexity index is 1050. The quantitative estimate of drug-likeness (QED) is 0.389. The van der Waals surface area contributed by atoms with Crippen LogP contribution in [0.4, 0.5) is 0 Å². The Hall–Kier alpha value is -2.26. The molecule has 3 aromatic carbocycles. The first-order valence-corrected chi connectivity index (χ1v) is 9.19. The van der Waals surface area contributed by atoms with E-state index >= 15 is 0 Å². The van der Waals surface area contributed by atoms with E-state index in [-0.39, 0.29) is 11.2 Å². The monoisotopic (exact) mass is 393 g/mol. The Kier molecular flexibility index (Phi) is 3.66. The van der Waals surface area contributed by atoms with Gasteiger partial charge >= 0.3 is 0 Å². The lowest BCUT2D eigenvalue weighted by molar-refractivity contribution is 0.468. The number of rotatable bonds is 1. The van der Waals surface area contributed by atoms with Gasteiger partial charge in [-0.2, -0.15) is 0 Å². The first kappa shape index (κ1) is 16.2. The van der Waals surface area contributed by atoms with Crippen LogP contribution in [0.1, 0.15) is 26.3 Å². The van der Waals surface area contributed by atoms with Crippen molar-refractivity contribution in [3.05, 3.63) is 70.7 Å². The minimum absolute atomic E-state index is 0.0102. The number of aromatic nitrogens is 1. The average Bonchev–Trinajstić information content (AvgIpc) is 2.91. The summed E-state index contributed by atoms with van der Waals surface area (Å²) in [6.45, 7) is 6.55. The number of aromatic hydroxyl groups is 1. The fourth-order valence-electron chi connectivity index (χ4n) is 3.37. The molecule has 0 amide bonds. The van der Waals surface area contributed by atoms with Gasteiger partial charge in [-0.1, -0.05) is 57.2 Å². The molecule has 0 unspecified atom stereocenters. The third kappa shape index (κ3) is 2.54. The predicted molar refractivity (Wildman–Crippen MR) is 109 cm³/mol. The number of para-hydroxylation sites is 2. The van der Waals surface area contributed by atoms with E-state index in [9.17, 15) is 5.11 Å². The highest BCUT2D eigenvalue weighted by molar-refractivity contribution is 9.10. The van der Waals surface area contributed by atoms with Gasteiger partial charge in [-0.25, -0.2) is 0 Å². The van der Waals surface area contributed by atoms with Crippen molar-refractivity contribution in [2.75, 3.05) is 0 Å². The fraction of sp³-hybridized carbons (Fsp3) is 0.182. The van der Waals surface area contributed by atoms with E-state index < -0.39 is 0 Å². The van der Waals surface area contributed by atoms with E-state index in [1.54, 1.807) is 0 Å². The maximum Gasteiger partial charge on any atom is 0.153 e. The van der Waals surface area contributed by atoms with E-state index in [0.717, 1.165) is 21.2 Å². The van der Waals surface area contributed by atoms with Crippen molar-refractivity contribution >= 4 is 37.7 Å². The molecule has 25 heavy (non-hydrogen) atoms. The summed E-state index contributed by atoms with van der Waals surface area (Å²) in [7, 11) is 0. The Morgan fingerprint density at radius 2 is 1.36 bits per heavy atom. The smallest absolute Gasteiger partial charge is 0.153 e. The molecule has 0 saturated heterocycles. The first-order valence-electron chi connectivity index (χ1n) is 8.39. The zero-order chi connectivity index (χ0) is 17.8. The SMILES string of the molecule is CC(C)(C)c1cc(Br)c(O)c(-n2c3ccccc3c3ccccc32)c1. The molecular formula is C22H20BrNO. The molecule has 3 heteroatoms. The lowest BCUT2D eigenvalue weighted by Crippen LogP contribution is -2.12. The molecule has 0 atom stereocenters. The van der Waals surface area contributed by atoms with Crippen LogP contribution < -0.4 is 0 Å². The fourth-order valence-corrected chi connectivity index (χ4v) is 3.82. The second kappa shape index (κ2) is 5.63. The zero-order valence-corrected chi connectivity index (χ0v) is 16.1. The average molecular weight is 394 g/mol. The topological polar surface area (TPSA) is 25.2 Å². The van der Waals surface area contributed by atoms with Crippen LogP contribution in [-0.2, 0) is 5.41 Å². The van der Waals surface area contributed by atoms with Crippen LogP contribution in [0.3, 0.4) is 0 Å². The standard InChI is InChI=1S/C22H20BrNO/c1-22(2,3)14-12-17(23)21(25)20(13-14)24-18-10-6-4-8-15(18)16-9-5-7-11-19(16)24/h4-13,25H,1-3H3. The van der Waals surface area contributed by atoms with Gasteiger partial charge in [0.25, 0.3) is 0 Å². The molecule has 4 rings (SSSR count). The molecule has 0 radical (unpaired) electrons. The van der Waals surface area contributed by atoms with Gasteiger partial charge in [0.05, 0.1) is 21.2 Å². The Labute approximate surface area is 155 Å². The molecule has 0 bridgehead atoms. The predicted octanol–water partition coefficient (Wildman–Crippen LogP) is 6.55. The molecule has 0 spiro atoms. The van der Waals surface area contributed by atoms with E-state index in [2.05, 4.69) is 83.7 Å². The summed E-state index contributed by atoms with van der Waals surface area (Å²) in [4.78, 5) is 0. The summed E-state index contributed by atoms with van der Waals surface area (Å²) >= 11 is 3.54. The Balaban J connectivity index is 2.16. The van der Waals surface area contributed by atoms with Gasteiger partial charge in [-0.3, -0.25) is 0 Å². The number of phenolic OH excluding ortho intramolecular Hbond substituents is 1. The number of hydrogen-bond donors (Lipinski definition) is 1. The van der Waals surface area contributed by atoms with Crippen LogP contribution in [0, 0.1) is 0 Å². The molecule has 0 aliphatic rings. The summed E-state index contributed by atoms with van der Waals surface area (Å²) in [6.07, 6.45) is 0. The van der Waals surface area contributed by atoms with Crippen LogP contribution in [0.2, 0.25) is 0 Å². The van der Waals surface area contributed by atoms with Gasteiger partial charge in [0.2, 0.25) is 0 Å². The normalized spacial score (nSPS) is 12.2. The zero-order valence-electron chi connectivity index (χ0n) is 14.5. The number of phenols is 1. The third-order valence-corrected chi connectivity index (χ3v) is 5.33. The van der Waals surface area contributed by atoms with Crippen LogP contribution in [0.25, 0.3) is 27.5 Å². The second-order valence-electron chi connectivity index (χ2n) is 7.45. The summed E-state index contributed by atoms with van der Waals surface area (Å²) in [5.41, 5.74) is 4.16. The minimum atomic E-state index is -0.0102. The van der Waals surface area contributed by atoms with Gasteiger partial charge in [0, 0.05) is 10.8 Å². The van der Waals surface area contributed by atoms with Crippen molar-refractivity contribution in [1.29, 1.82) is 0 Å². The highest BCUT2D eigenvalue weighted by atomic mass is 79.9. The van der Waals surface area contributed by atoms with Gasteiger partial charge in [-0.15, -0.1) is 0 Å². The molecule has 0 fully saturated rings. The van der Waals surface area contributed by atoms with Crippen LogP contribution in [0.15, 0.2) is 65.1 Å². The third-order valence-electron chi connectivity index (χ3n) is 4.73. The molecule has 0 saturated carbocycles. The number of hydrogen-bond acceptors (Lipinski definition) is 1. The van der Waals surface area contributed by atoms with Gasteiger partial charge < -0.3 is 9.67 Å². The Morgan fingerprint density at radius 1 is 0.840 bits per heavy atom. The van der Waals surface area contributed by atoms with E-state index in [0.29, 0.717) is 0 Å². The second-order valence-corrected chi connectivity index (χ2v) is 8.30. The number of halogens is 1. The van der Waals surface area contributed by atoms with Gasteiger partial charge in [0.15, 0.2) is 5.75 Å². The van der Waals surface area contributed by atoms with Crippen molar-refractivity contribution in [2.24, 2.45) is 0 Å². The van der Waals surface area contributed by atoms with Crippen molar-refractivity contribution in [3.8, 4) is 11.4 Å². The molecular weight excluding hydrogens is 374 g/mol. The largest absolute Gasteiger partial charge is 0.505 e. The summed E-state index contributed by atoms with van der Waals surface area (Å²) in [5, 5.41) is 13.2. The highest BCUT2D eigenvalue weighted by Crippen LogP contribution is 2.40. The van der Waals surface area contributed by atoms with Gasteiger partial charge in [0.1, 0.15) is 0 Å². The molecule has 4 aromatic rings.